The second kappa shape index (κ2) is 7.44. The summed E-state index contributed by atoms with van der Waals surface area (Å²) in [6, 6.07) is 0. The van der Waals surface area contributed by atoms with Crippen LogP contribution in [0.15, 0.2) is 23.5 Å². The van der Waals surface area contributed by atoms with Gasteiger partial charge in [0, 0.05) is 20.2 Å². The number of hydroxylamine groups is 4. The molecule has 0 aromatic heterocycles. The number of ether oxygens (including phenoxy) is 2. The molecule has 23 heavy (non-hydrogen) atoms. The number of methoxy groups -OCH3 is 2. The van der Waals surface area contributed by atoms with Crippen LogP contribution in [0.3, 0.4) is 0 Å². The minimum atomic E-state index is -0.632. The van der Waals surface area contributed by atoms with E-state index in [0.717, 1.165) is 5.57 Å². The zero-order valence-electron chi connectivity index (χ0n) is 14.4. The van der Waals surface area contributed by atoms with Gasteiger partial charge in [-0.15, -0.1) is 0 Å². The van der Waals surface area contributed by atoms with Crippen molar-refractivity contribution in [2.75, 3.05) is 41.2 Å². The summed E-state index contributed by atoms with van der Waals surface area (Å²) in [7, 11) is 4.77. The van der Waals surface area contributed by atoms with Crippen molar-refractivity contribution in [3.05, 3.63) is 23.5 Å². The van der Waals surface area contributed by atoms with E-state index in [1.54, 1.807) is 14.2 Å². The monoisotopic (exact) mass is 326 g/mol. The first-order valence-corrected chi connectivity index (χ1v) is 7.78. The van der Waals surface area contributed by atoms with Crippen LogP contribution in [0.5, 0.6) is 0 Å². The Morgan fingerprint density at radius 1 is 1.26 bits per heavy atom. The summed E-state index contributed by atoms with van der Waals surface area (Å²) >= 11 is 0. The van der Waals surface area contributed by atoms with Gasteiger partial charge in [-0.3, -0.25) is 4.79 Å². The van der Waals surface area contributed by atoms with Crippen molar-refractivity contribution in [1.29, 1.82) is 0 Å². The molecule has 2 aliphatic rings. The normalized spacial score (nSPS) is 21.4. The van der Waals surface area contributed by atoms with Gasteiger partial charge in [-0.05, 0) is 24.8 Å². The lowest BCUT2D eigenvalue weighted by Gasteiger charge is -2.43. The van der Waals surface area contributed by atoms with Gasteiger partial charge < -0.3 is 14.3 Å². The number of amides is 1. The van der Waals surface area contributed by atoms with Crippen LogP contribution < -0.4 is 0 Å². The molecule has 0 unspecified atom stereocenters. The van der Waals surface area contributed by atoms with Gasteiger partial charge in [-0.2, -0.15) is 5.06 Å². The quantitative estimate of drug-likeness (QED) is 0.663. The van der Waals surface area contributed by atoms with Crippen molar-refractivity contribution in [2.45, 2.75) is 31.7 Å². The van der Waals surface area contributed by atoms with Crippen LogP contribution in [0.25, 0.3) is 0 Å². The Kier molecular flexibility index (Phi) is 5.80. The molecular formula is C16H26N2O5. The molecule has 0 aromatic carbocycles. The van der Waals surface area contributed by atoms with E-state index in [-0.39, 0.29) is 12.7 Å². The average molecular weight is 326 g/mol. The predicted molar refractivity (Wildman–Crippen MR) is 83.8 cm³/mol. The maximum atomic E-state index is 12.9. The summed E-state index contributed by atoms with van der Waals surface area (Å²) in [6.07, 6.45) is 1.98. The van der Waals surface area contributed by atoms with Gasteiger partial charge in [0.2, 0.25) is 0 Å². The van der Waals surface area contributed by atoms with Crippen molar-refractivity contribution < 1.29 is 23.9 Å². The molecule has 0 atom stereocenters. The van der Waals surface area contributed by atoms with Gasteiger partial charge in [0.05, 0.1) is 19.8 Å². The summed E-state index contributed by atoms with van der Waals surface area (Å²) in [5.41, 5.74) is 0.646. The third kappa shape index (κ3) is 3.01. The molecule has 0 N–H and O–H groups in total. The molecule has 7 nitrogen and oxygen atoms in total. The molecule has 1 spiro atoms. The molecule has 7 heteroatoms. The van der Waals surface area contributed by atoms with Crippen molar-refractivity contribution in [3.8, 4) is 0 Å². The lowest BCUT2D eigenvalue weighted by molar-refractivity contribution is -0.260. The van der Waals surface area contributed by atoms with Crippen LogP contribution >= 0.6 is 0 Å². The first-order valence-electron chi connectivity index (χ1n) is 7.78. The summed E-state index contributed by atoms with van der Waals surface area (Å²) in [5, 5.41) is 3.28. The van der Waals surface area contributed by atoms with Crippen LogP contribution in [0.1, 0.15) is 26.2 Å². The number of hydrogen-bond donors (Lipinski definition) is 0. The molecule has 0 aliphatic carbocycles. The van der Waals surface area contributed by atoms with Gasteiger partial charge in [0.25, 0.3) is 5.91 Å². The minimum absolute atomic E-state index is 0.00432. The third-order valence-corrected chi connectivity index (χ3v) is 4.53. The predicted octanol–water partition coefficient (Wildman–Crippen LogP) is 1.63. The molecular weight excluding hydrogens is 300 g/mol. The van der Waals surface area contributed by atoms with Crippen molar-refractivity contribution in [2.24, 2.45) is 0 Å². The molecule has 0 radical (unpaired) electrons. The van der Waals surface area contributed by atoms with Gasteiger partial charge in [-0.25, -0.2) is 9.90 Å². The minimum Gasteiger partial charge on any atom is -0.498 e. The molecule has 1 saturated heterocycles. The molecule has 130 valence electrons. The second-order valence-electron chi connectivity index (χ2n) is 5.64. The van der Waals surface area contributed by atoms with Crippen LogP contribution in [-0.4, -0.2) is 62.8 Å². The Morgan fingerprint density at radius 2 is 1.91 bits per heavy atom. The topological polar surface area (TPSA) is 60.5 Å². The molecule has 2 aliphatic heterocycles. The van der Waals surface area contributed by atoms with Crippen LogP contribution in [0, 0.1) is 0 Å². The zero-order chi connectivity index (χ0) is 17.0. The first-order chi connectivity index (χ1) is 11.1. The number of rotatable bonds is 7. The average Bonchev–Trinajstić information content (AvgIpc) is 2.80. The van der Waals surface area contributed by atoms with Crippen molar-refractivity contribution >= 4 is 5.91 Å². The Bertz CT molecular complexity index is 495. The standard InChI is InChI=1S/C16H26N2O5/c1-6-12(2)13-14(21-4)16(7-9-17(22-5)10-8-16)18(15(13)19)23-11-20-3/h2,6-11H2,1,3-5H3. The highest BCUT2D eigenvalue weighted by atomic mass is 16.8. The Labute approximate surface area is 137 Å². The molecule has 0 bridgehead atoms. The van der Waals surface area contributed by atoms with Crippen LogP contribution in [-0.2, 0) is 23.9 Å². The smallest absolute Gasteiger partial charge is 0.282 e. The fourth-order valence-corrected chi connectivity index (χ4v) is 3.26. The van der Waals surface area contributed by atoms with Gasteiger partial charge >= 0.3 is 0 Å². The van der Waals surface area contributed by atoms with Gasteiger partial charge in [-0.1, -0.05) is 13.5 Å². The lowest BCUT2D eigenvalue weighted by Crippen LogP contribution is -2.55. The molecule has 0 saturated carbocycles. The van der Waals surface area contributed by atoms with Crippen LogP contribution in [0.4, 0.5) is 0 Å². The van der Waals surface area contributed by atoms with Gasteiger partial charge in [0.1, 0.15) is 11.3 Å². The molecule has 2 rings (SSSR count). The Balaban J connectivity index is 2.41. The number of carbonyl (C=O) groups is 1. The molecule has 1 amide bonds. The molecule has 0 aromatic rings. The van der Waals surface area contributed by atoms with E-state index in [0.29, 0.717) is 43.7 Å². The van der Waals surface area contributed by atoms with E-state index in [9.17, 15) is 4.79 Å². The maximum Gasteiger partial charge on any atom is 0.282 e. The molecule has 2 heterocycles. The fourth-order valence-electron chi connectivity index (χ4n) is 3.26. The summed E-state index contributed by atoms with van der Waals surface area (Å²) in [4.78, 5) is 23.8. The van der Waals surface area contributed by atoms with E-state index in [4.69, 9.17) is 19.1 Å². The second-order valence-corrected chi connectivity index (χ2v) is 5.64. The zero-order valence-corrected chi connectivity index (χ0v) is 14.4. The number of nitrogens with zero attached hydrogens (tertiary/aromatic N) is 2. The highest BCUT2D eigenvalue weighted by molar-refractivity contribution is 6.01. The van der Waals surface area contributed by atoms with E-state index in [1.165, 1.54) is 12.2 Å². The number of piperidine rings is 1. The van der Waals surface area contributed by atoms with E-state index in [1.807, 2.05) is 12.0 Å². The van der Waals surface area contributed by atoms with Crippen LogP contribution in [0.2, 0.25) is 0 Å². The Hall–Kier alpha value is -1.41. The van der Waals surface area contributed by atoms with E-state index < -0.39 is 5.54 Å². The summed E-state index contributed by atoms with van der Waals surface area (Å²) in [6.45, 7) is 7.34. The van der Waals surface area contributed by atoms with E-state index >= 15 is 0 Å². The Morgan fingerprint density at radius 3 is 2.39 bits per heavy atom. The van der Waals surface area contributed by atoms with Crippen molar-refractivity contribution in [1.82, 2.24) is 10.1 Å². The van der Waals surface area contributed by atoms with E-state index in [2.05, 4.69) is 6.58 Å². The maximum absolute atomic E-state index is 12.9. The fraction of sp³-hybridized carbons (Fsp3) is 0.688. The largest absolute Gasteiger partial charge is 0.498 e. The first kappa shape index (κ1) is 17.9. The highest BCUT2D eigenvalue weighted by Gasteiger charge is 2.55. The van der Waals surface area contributed by atoms with Gasteiger partial charge in [0.15, 0.2) is 6.79 Å². The summed E-state index contributed by atoms with van der Waals surface area (Å²) < 4.78 is 10.7. The van der Waals surface area contributed by atoms with Crippen molar-refractivity contribution in [3.63, 3.8) is 0 Å². The summed E-state index contributed by atoms with van der Waals surface area (Å²) in [5.74, 6) is 0.429. The highest BCUT2D eigenvalue weighted by Crippen LogP contribution is 2.45. The lowest BCUT2D eigenvalue weighted by atomic mass is 9.85. The number of carbonyl (C=O) groups excluding carboxylic acids is 1. The molecule has 1 fully saturated rings. The third-order valence-electron chi connectivity index (χ3n) is 4.53. The SMILES string of the molecule is C=C(CC)C1=C(OC)C2(CCN(OC)CC2)N(OCOC)C1=O. The number of hydrogen-bond acceptors (Lipinski definition) is 6.